The number of urea groups is 1. The Hall–Kier alpha value is -2.95. The Balaban J connectivity index is 1.69. The molecule has 31 heavy (non-hydrogen) atoms. The summed E-state index contributed by atoms with van der Waals surface area (Å²) in [6.45, 7) is 2.42. The van der Waals surface area contributed by atoms with E-state index in [-0.39, 0.29) is 17.8 Å². The topological polar surface area (TPSA) is 123 Å². The Morgan fingerprint density at radius 3 is 2.42 bits per heavy atom. The average Bonchev–Trinajstić information content (AvgIpc) is 3.22. The molecule has 0 aliphatic rings. The highest BCUT2D eigenvalue weighted by Crippen LogP contribution is 2.23. The van der Waals surface area contributed by atoms with E-state index in [0.717, 1.165) is 28.2 Å². The first-order chi connectivity index (χ1) is 14.8. The van der Waals surface area contributed by atoms with Crippen molar-refractivity contribution in [3.63, 3.8) is 0 Å². The standard InChI is InChI=1S/C21H24N4O4S2/c1-2-17-14-30-20(23-17)19(24-21(26)22-13-16-6-4-3-5-7-16)12-15-8-10-18(11-9-15)25-31(27,28)29/h3-11,14,19,25H,2,12-13H2,1H3,(H2,22,24,26)(H,27,28,29)/p-1/t19-/m0/s1. The summed E-state index contributed by atoms with van der Waals surface area (Å²) in [5.41, 5.74) is 2.99. The number of benzene rings is 2. The van der Waals surface area contributed by atoms with Gasteiger partial charge in [-0.25, -0.2) is 18.2 Å². The predicted molar refractivity (Wildman–Crippen MR) is 120 cm³/mol. The summed E-state index contributed by atoms with van der Waals surface area (Å²) >= 11 is 1.48. The minimum absolute atomic E-state index is 0.186. The van der Waals surface area contributed by atoms with E-state index in [0.29, 0.717) is 13.0 Å². The van der Waals surface area contributed by atoms with Gasteiger partial charge in [0.1, 0.15) is 5.01 Å². The van der Waals surface area contributed by atoms with E-state index in [1.807, 2.05) is 47.4 Å². The van der Waals surface area contributed by atoms with E-state index in [9.17, 15) is 17.8 Å². The van der Waals surface area contributed by atoms with E-state index >= 15 is 0 Å². The van der Waals surface area contributed by atoms with Gasteiger partial charge in [0.2, 0.25) is 0 Å². The fraction of sp³-hybridized carbons (Fsp3) is 0.238. The minimum Gasteiger partial charge on any atom is -0.731 e. The fourth-order valence-electron chi connectivity index (χ4n) is 2.92. The van der Waals surface area contributed by atoms with Crippen LogP contribution in [0.2, 0.25) is 0 Å². The molecule has 0 fully saturated rings. The number of nitrogens with one attached hydrogen (secondary N) is 3. The first-order valence-electron chi connectivity index (χ1n) is 9.67. The van der Waals surface area contributed by atoms with Crippen LogP contribution in [-0.2, 0) is 29.7 Å². The summed E-state index contributed by atoms with van der Waals surface area (Å²) in [5.74, 6) is 0. The van der Waals surface area contributed by atoms with Gasteiger partial charge in [-0.05, 0) is 36.1 Å². The van der Waals surface area contributed by atoms with E-state index in [1.165, 1.54) is 23.5 Å². The van der Waals surface area contributed by atoms with Crippen LogP contribution < -0.4 is 15.4 Å². The highest BCUT2D eigenvalue weighted by molar-refractivity contribution is 7.87. The number of anilines is 1. The Bertz CT molecular complexity index is 1100. The lowest BCUT2D eigenvalue weighted by Gasteiger charge is -2.18. The normalized spacial score (nSPS) is 12.2. The van der Waals surface area contributed by atoms with Crippen molar-refractivity contribution in [1.29, 1.82) is 0 Å². The SMILES string of the molecule is CCc1csc([C@H](Cc2ccc(NS(=O)(=O)[O-])cc2)NC(=O)NCc2ccccc2)n1. The first-order valence-corrected chi connectivity index (χ1v) is 12.0. The van der Waals surface area contributed by atoms with Gasteiger partial charge in [0.25, 0.3) is 0 Å². The third-order valence-corrected chi connectivity index (χ3v) is 5.96. The summed E-state index contributed by atoms with van der Waals surface area (Å²) in [6.07, 6.45) is 1.26. The lowest BCUT2D eigenvalue weighted by Crippen LogP contribution is -2.38. The van der Waals surface area contributed by atoms with Crippen molar-refractivity contribution < 1.29 is 17.8 Å². The highest BCUT2D eigenvalue weighted by atomic mass is 32.2. The number of hydrogen-bond acceptors (Lipinski definition) is 6. The zero-order valence-corrected chi connectivity index (χ0v) is 18.5. The predicted octanol–water partition coefficient (Wildman–Crippen LogP) is 3.36. The number of aromatic nitrogens is 1. The molecule has 0 unspecified atom stereocenters. The molecule has 1 heterocycles. The second kappa shape index (κ2) is 10.4. The number of thiazole rings is 1. The molecular formula is C21H23N4O4S2-. The molecule has 0 aliphatic carbocycles. The summed E-state index contributed by atoms with van der Waals surface area (Å²) in [6, 6.07) is 15.4. The number of amides is 2. The molecule has 2 amide bonds. The number of hydrogen-bond donors (Lipinski definition) is 3. The Kier molecular flexibility index (Phi) is 7.61. The Labute approximate surface area is 185 Å². The lowest BCUT2D eigenvalue weighted by molar-refractivity contribution is 0.236. The number of carbonyl (C=O) groups is 1. The van der Waals surface area contributed by atoms with Crippen LogP contribution in [-0.4, -0.2) is 24.0 Å². The molecule has 10 heteroatoms. The highest BCUT2D eigenvalue weighted by Gasteiger charge is 2.19. The number of rotatable bonds is 9. The van der Waals surface area contributed by atoms with Crippen LogP contribution >= 0.6 is 11.3 Å². The molecule has 2 aromatic carbocycles. The number of nitrogens with zero attached hydrogens (tertiary/aromatic N) is 1. The smallest absolute Gasteiger partial charge is 0.315 e. The van der Waals surface area contributed by atoms with Gasteiger partial charge in [0.15, 0.2) is 10.3 Å². The van der Waals surface area contributed by atoms with Gasteiger partial charge in [-0.15, -0.1) is 11.3 Å². The summed E-state index contributed by atoms with van der Waals surface area (Å²) < 4.78 is 34.4. The minimum atomic E-state index is -4.58. The lowest BCUT2D eigenvalue weighted by atomic mass is 10.1. The number of carbonyl (C=O) groups excluding carboxylic acids is 1. The molecule has 0 radical (unpaired) electrons. The van der Waals surface area contributed by atoms with Crippen molar-refractivity contribution in [2.24, 2.45) is 0 Å². The molecule has 1 aromatic heterocycles. The molecule has 0 bridgehead atoms. The zero-order chi connectivity index (χ0) is 22.3. The van der Waals surface area contributed by atoms with E-state index in [2.05, 4.69) is 15.6 Å². The second-order valence-corrected chi connectivity index (χ2v) is 8.86. The van der Waals surface area contributed by atoms with Crippen LogP contribution in [0.5, 0.6) is 0 Å². The molecule has 8 nitrogen and oxygen atoms in total. The monoisotopic (exact) mass is 459 g/mol. The van der Waals surface area contributed by atoms with Crippen molar-refractivity contribution >= 4 is 33.4 Å². The maximum atomic E-state index is 12.5. The molecule has 0 saturated carbocycles. The Morgan fingerprint density at radius 2 is 1.81 bits per heavy atom. The molecule has 0 saturated heterocycles. The van der Waals surface area contributed by atoms with Crippen LogP contribution in [0.15, 0.2) is 60.0 Å². The maximum Gasteiger partial charge on any atom is 0.315 e. The molecule has 3 N–H and O–H groups in total. The summed E-state index contributed by atoms with van der Waals surface area (Å²) in [7, 11) is -4.58. The van der Waals surface area contributed by atoms with E-state index in [1.54, 1.807) is 12.1 Å². The van der Waals surface area contributed by atoms with Crippen LogP contribution in [0, 0.1) is 0 Å². The van der Waals surface area contributed by atoms with Crippen LogP contribution in [0.1, 0.15) is 34.8 Å². The van der Waals surface area contributed by atoms with Crippen molar-refractivity contribution in [2.45, 2.75) is 32.4 Å². The van der Waals surface area contributed by atoms with Crippen molar-refractivity contribution in [2.75, 3.05) is 4.72 Å². The molecule has 3 aromatic rings. The summed E-state index contributed by atoms with van der Waals surface area (Å²) in [4.78, 5) is 17.1. The fourth-order valence-corrected chi connectivity index (χ4v) is 4.30. The quantitative estimate of drug-likeness (QED) is 0.423. The third-order valence-electron chi connectivity index (χ3n) is 4.47. The van der Waals surface area contributed by atoms with Gasteiger partial charge >= 0.3 is 6.03 Å². The van der Waals surface area contributed by atoms with Crippen molar-refractivity contribution in [1.82, 2.24) is 15.6 Å². The molecule has 0 aliphatic heterocycles. The van der Waals surface area contributed by atoms with Gasteiger partial charge in [-0.3, -0.25) is 4.72 Å². The second-order valence-electron chi connectivity index (χ2n) is 6.85. The third kappa shape index (κ3) is 7.35. The van der Waals surface area contributed by atoms with Crippen LogP contribution in [0.25, 0.3) is 0 Å². The Morgan fingerprint density at radius 1 is 1.10 bits per heavy atom. The van der Waals surface area contributed by atoms with Gasteiger partial charge in [0, 0.05) is 17.6 Å². The van der Waals surface area contributed by atoms with Gasteiger partial charge in [-0.2, -0.15) is 0 Å². The van der Waals surface area contributed by atoms with Crippen molar-refractivity contribution in [3.05, 3.63) is 81.8 Å². The van der Waals surface area contributed by atoms with Gasteiger partial charge < -0.3 is 15.2 Å². The largest absolute Gasteiger partial charge is 0.731 e. The summed E-state index contributed by atoms with van der Waals surface area (Å²) in [5, 5.41) is 8.59. The molecule has 164 valence electrons. The molecule has 3 rings (SSSR count). The van der Waals surface area contributed by atoms with Crippen molar-refractivity contribution in [3.8, 4) is 0 Å². The molecular weight excluding hydrogens is 436 g/mol. The zero-order valence-electron chi connectivity index (χ0n) is 16.9. The molecule has 0 spiro atoms. The van der Waals surface area contributed by atoms with Gasteiger partial charge in [0.05, 0.1) is 11.7 Å². The van der Waals surface area contributed by atoms with E-state index in [4.69, 9.17) is 0 Å². The van der Waals surface area contributed by atoms with Crippen LogP contribution in [0.3, 0.4) is 0 Å². The first kappa shape index (κ1) is 22.7. The van der Waals surface area contributed by atoms with Gasteiger partial charge in [-0.1, -0.05) is 49.4 Å². The maximum absolute atomic E-state index is 12.5. The molecule has 1 atom stereocenters. The number of aryl methyl sites for hydroxylation is 1. The average molecular weight is 460 g/mol. The van der Waals surface area contributed by atoms with Crippen LogP contribution in [0.4, 0.5) is 10.5 Å². The van der Waals surface area contributed by atoms with E-state index < -0.39 is 10.3 Å².